The minimum absolute atomic E-state index is 0.219. The van der Waals surface area contributed by atoms with Gasteiger partial charge in [0, 0.05) is 28.7 Å². The van der Waals surface area contributed by atoms with Gasteiger partial charge < -0.3 is 16.2 Å². The Bertz CT molecular complexity index is 463. The van der Waals surface area contributed by atoms with Crippen molar-refractivity contribution >= 4 is 33.5 Å². The number of carbonyl (C=O) groups is 2. The molecule has 0 saturated heterocycles. The Morgan fingerprint density at radius 1 is 1.26 bits per heavy atom. The Morgan fingerprint density at radius 2 is 2.00 bits per heavy atom. The highest BCUT2D eigenvalue weighted by Gasteiger charge is 2.04. The smallest absolute Gasteiger partial charge is 0.303 e. The molecule has 1 amide bonds. The number of aliphatic carboxylic acids is 1. The van der Waals surface area contributed by atoms with Gasteiger partial charge in [0.15, 0.2) is 0 Å². The zero-order valence-corrected chi connectivity index (χ0v) is 12.1. The maximum Gasteiger partial charge on any atom is 0.303 e. The lowest BCUT2D eigenvalue weighted by Gasteiger charge is -2.09. The second kappa shape index (κ2) is 7.78. The highest BCUT2D eigenvalue weighted by atomic mass is 79.9. The third-order valence-electron chi connectivity index (χ3n) is 2.64. The van der Waals surface area contributed by atoms with Crippen LogP contribution in [-0.2, 0) is 4.79 Å². The monoisotopic (exact) mass is 328 g/mol. The Hall–Kier alpha value is -1.56. The van der Waals surface area contributed by atoms with E-state index in [9.17, 15) is 9.59 Å². The Balaban J connectivity index is 2.33. The SMILES string of the molecule is NC(=O)c1ccc(NCCCCCC(=O)O)c(Br)c1. The number of amides is 1. The molecule has 0 saturated carbocycles. The van der Waals surface area contributed by atoms with Gasteiger partial charge in [-0.25, -0.2) is 0 Å². The van der Waals surface area contributed by atoms with Crippen LogP contribution in [0.1, 0.15) is 36.0 Å². The summed E-state index contributed by atoms with van der Waals surface area (Å²) in [6.45, 7) is 0.758. The molecule has 0 aliphatic rings. The molecular formula is C13H17BrN2O3. The van der Waals surface area contributed by atoms with E-state index in [1.165, 1.54) is 0 Å². The predicted molar refractivity (Wildman–Crippen MR) is 77.3 cm³/mol. The molecular weight excluding hydrogens is 312 g/mol. The van der Waals surface area contributed by atoms with Crippen LogP contribution in [0.4, 0.5) is 5.69 Å². The Morgan fingerprint density at radius 3 is 2.58 bits per heavy atom. The number of carboxylic acid groups (broad SMARTS) is 1. The van der Waals surface area contributed by atoms with Gasteiger partial charge in [-0.1, -0.05) is 6.42 Å². The average Bonchev–Trinajstić information content (AvgIpc) is 2.34. The number of halogens is 1. The lowest BCUT2D eigenvalue weighted by Crippen LogP contribution is -2.11. The third-order valence-corrected chi connectivity index (χ3v) is 3.29. The summed E-state index contributed by atoms with van der Waals surface area (Å²) in [5, 5.41) is 11.7. The minimum atomic E-state index is -0.752. The molecule has 5 nitrogen and oxygen atoms in total. The van der Waals surface area contributed by atoms with E-state index < -0.39 is 11.9 Å². The largest absolute Gasteiger partial charge is 0.481 e. The van der Waals surface area contributed by atoms with Gasteiger partial charge in [-0.05, 0) is 47.0 Å². The molecule has 0 fully saturated rings. The van der Waals surface area contributed by atoms with Gasteiger partial charge >= 0.3 is 5.97 Å². The van der Waals surface area contributed by atoms with Crippen LogP contribution in [-0.4, -0.2) is 23.5 Å². The van der Waals surface area contributed by atoms with Crippen LogP contribution < -0.4 is 11.1 Å². The van der Waals surface area contributed by atoms with Crippen LogP contribution in [0, 0.1) is 0 Å². The maximum absolute atomic E-state index is 11.0. The molecule has 0 atom stereocenters. The topological polar surface area (TPSA) is 92.4 Å². The van der Waals surface area contributed by atoms with Crippen molar-refractivity contribution in [3.63, 3.8) is 0 Å². The summed E-state index contributed by atoms with van der Waals surface area (Å²) in [5.74, 6) is -1.21. The number of nitrogens with two attached hydrogens (primary N) is 1. The number of rotatable bonds is 8. The van der Waals surface area contributed by atoms with Gasteiger partial charge in [-0.15, -0.1) is 0 Å². The molecule has 104 valence electrons. The number of anilines is 1. The van der Waals surface area contributed by atoms with Crippen LogP contribution >= 0.6 is 15.9 Å². The van der Waals surface area contributed by atoms with E-state index in [2.05, 4.69) is 21.2 Å². The quantitative estimate of drug-likeness (QED) is 0.639. The number of hydrogen-bond acceptors (Lipinski definition) is 3. The van der Waals surface area contributed by atoms with E-state index in [0.29, 0.717) is 12.0 Å². The molecule has 0 aliphatic heterocycles. The molecule has 1 aromatic carbocycles. The number of nitrogens with one attached hydrogen (secondary N) is 1. The molecule has 4 N–H and O–H groups in total. The zero-order valence-electron chi connectivity index (χ0n) is 10.5. The summed E-state index contributed by atoms with van der Waals surface area (Å²) >= 11 is 3.37. The third kappa shape index (κ3) is 5.74. The summed E-state index contributed by atoms with van der Waals surface area (Å²) in [5.41, 5.74) is 6.53. The van der Waals surface area contributed by atoms with Crippen LogP contribution in [0.5, 0.6) is 0 Å². The number of carbonyl (C=O) groups excluding carboxylic acids is 1. The van der Waals surface area contributed by atoms with Crippen molar-refractivity contribution in [3.8, 4) is 0 Å². The summed E-state index contributed by atoms with van der Waals surface area (Å²) in [6.07, 6.45) is 2.68. The van der Waals surface area contributed by atoms with Gasteiger partial charge in [-0.3, -0.25) is 9.59 Å². The lowest BCUT2D eigenvalue weighted by molar-refractivity contribution is -0.137. The van der Waals surface area contributed by atoms with E-state index >= 15 is 0 Å². The van der Waals surface area contributed by atoms with Gasteiger partial charge in [0.25, 0.3) is 0 Å². The first-order valence-corrected chi connectivity index (χ1v) is 6.85. The standard InChI is InChI=1S/C13H17BrN2O3/c14-10-8-9(13(15)19)5-6-11(10)16-7-3-1-2-4-12(17)18/h5-6,8,16H,1-4,7H2,(H2,15,19)(H,17,18). The summed E-state index contributed by atoms with van der Waals surface area (Å²) in [7, 11) is 0. The molecule has 1 rings (SSSR count). The second-order valence-corrected chi connectivity index (χ2v) is 5.04. The predicted octanol–water partition coefficient (Wildman–Crippen LogP) is 2.60. The molecule has 0 radical (unpaired) electrons. The van der Waals surface area contributed by atoms with Gasteiger partial charge in [0.05, 0.1) is 0 Å². The van der Waals surface area contributed by atoms with Crippen molar-refractivity contribution in [1.82, 2.24) is 0 Å². The van der Waals surface area contributed by atoms with Crippen LogP contribution in [0.25, 0.3) is 0 Å². The fourth-order valence-corrected chi connectivity index (χ4v) is 2.13. The van der Waals surface area contributed by atoms with E-state index in [-0.39, 0.29) is 6.42 Å². The molecule has 0 aliphatic carbocycles. The first kappa shape index (κ1) is 15.5. The number of unbranched alkanes of at least 4 members (excludes halogenated alkanes) is 2. The van der Waals surface area contributed by atoms with Crippen LogP contribution in [0.15, 0.2) is 22.7 Å². The van der Waals surface area contributed by atoms with Crippen molar-refractivity contribution in [2.24, 2.45) is 5.73 Å². The number of benzene rings is 1. The summed E-state index contributed by atoms with van der Waals surface area (Å²) in [6, 6.07) is 5.14. The normalized spacial score (nSPS) is 10.2. The first-order valence-electron chi connectivity index (χ1n) is 6.05. The van der Waals surface area contributed by atoms with Crippen LogP contribution in [0.2, 0.25) is 0 Å². The molecule has 0 unspecified atom stereocenters. The van der Waals surface area contributed by atoms with Gasteiger partial charge in [-0.2, -0.15) is 0 Å². The Kier molecular flexibility index (Phi) is 6.35. The zero-order chi connectivity index (χ0) is 14.3. The summed E-state index contributed by atoms with van der Waals surface area (Å²) < 4.78 is 0.786. The highest BCUT2D eigenvalue weighted by Crippen LogP contribution is 2.23. The van der Waals surface area contributed by atoms with Crippen molar-refractivity contribution in [1.29, 1.82) is 0 Å². The lowest BCUT2D eigenvalue weighted by atomic mass is 10.2. The molecule has 1 aromatic rings. The number of carboxylic acids is 1. The van der Waals surface area contributed by atoms with Crippen molar-refractivity contribution < 1.29 is 14.7 Å². The van der Waals surface area contributed by atoms with Gasteiger partial charge in [0.2, 0.25) is 5.91 Å². The van der Waals surface area contributed by atoms with Crippen molar-refractivity contribution in [2.45, 2.75) is 25.7 Å². The second-order valence-electron chi connectivity index (χ2n) is 4.19. The molecule has 0 spiro atoms. The van der Waals surface area contributed by atoms with E-state index in [1.807, 2.05) is 0 Å². The van der Waals surface area contributed by atoms with Crippen molar-refractivity contribution in [3.05, 3.63) is 28.2 Å². The molecule has 0 aromatic heterocycles. The molecule has 19 heavy (non-hydrogen) atoms. The van der Waals surface area contributed by atoms with E-state index in [1.54, 1.807) is 18.2 Å². The molecule has 6 heteroatoms. The average molecular weight is 329 g/mol. The first-order chi connectivity index (χ1) is 9.00. The molecule has 0 heterocycles. The van der Waals surface area contributed by atoms with Crippen LogP contribution in [0.3, 0.4) is 0 Å². The van der Waals surface area contributed by atoms with Gasteiger partial charge in [0.1, 0.15) is 0 Å². The highest BCUT2D eigenvalue weighted by molar-refractivity contribution is 9.10. The van der Waals surface area contributed by atoms with E-state index in [4.69, 9.17) is 10.8 Å². The fraction of sp³-hybridized carbons (Fsp3) is 0.385. The maximum atomic E-state index is 11.0. The minimum Gasteiger partial charge on any atom is -0.481 e. The van der Waals surface area contributed by atoms with Crippen molar-refractivity contribution in [2.75, 3.05) is 11.9 Å². The molecule has 0 bridgehead atoms. The van der Waals surface area contributed by atoms with E-state index in [0.717, 1.165) is 29.5 Å². The fourth-order valence-electron chi connectivity index (χ4n) is 1.61. The Labute approximate surface area is 120 Å². The summed E-state index contributed by atoms with van der Waals surface area (Å²) in [4.78, 5) is 21.3. The number of hydrogen-bond donors (Lipinski definition) is 3. The number of primary amides is 1.